The molecule has 0 unspecified atom stereocenters. The van der Waals surface area contributed by atoms with Crippen molar-refractivity contribution in [1.29, 1.82) is 0 Å². The molecule has 0 saturated heterocycles. The van der Waals surface area contributed by atoms with Crippen molar-refractivity contribution < 1.29 is 66.5 Å². The number of phenolic OH excluding ortho intramolecular Hbond substituents is 1. The minimum atomic E-state index is -4.88. The Morgan fingerprint density at radius 2 is 0.940 bits per heavy atom. The molecule has 8 aromatic carbocycles. The topological polar surface area (TPSA) is 367 Å². The van der Waals surface area contributed by atoms with Crippen molar-refractivity contribution in [1.82, 2.24) is 0 Å². The van der Waals surface area contributed by atoms with E-state index in [2.05, 4.69) is 46.2 Å². The molecule has 0 atom stereocenters. The minimum absolute atomic E-state index is 0.0138. The summed E-state index contributed by atoms with van der Waals surface area (Å²) in [5.41, 5.74) is 6.86. The van der Waals surface area contributed by atoms with Gasteiger partial charge in [0.1, 0.15) is 27.8 Å². The fourth-order valence-electron chi connectivity index (χ4n) is 8.42. The van der Waals surface area contributed by atoms with E-state index in [1.54, 1.807) is 75.4 Å². The Hall–Kier alpha value is -8.48. The van der Waals surface area contributed by atoms with Crippen molar-refractivity contribution in [3.63, 3.8) is 0 Å². The molecule has 0 saturated carbocycles. The molecule has 84 heavy (non-hydrogen) atoms. The molecule has 0 radical (unpaired) electrons. The Morgan fingerprint density at radius 3 is 1.51 bits per heavy atom. The Balaban J connectivity index is 1.02. The van der Waals surface area contributed by atoms with Crippen LogP contribution in [0, 0.1) is 34.6 Å². The van der Waals surface area contributed by atoms with Crippen LogP contribution in [0.5, 0.6) is 17.2 Å². The number of anilines is 2. The first-order valence-electron chi connectivity index (χ1n) is 25.4. The summed E-state index contributed by atoms with van der Waals surface area (Å²) < 4.78 is 145. The van der Waals surface area contributed by atoms with Gasteiger partial charge in [0.05, 0.1) is 63.7 Å². The first-order valence-corrected chi connectivity index (χ1v) is 31.5. The highest BCUT2D eigenvalue weighted by Crippen LogP contribution is 2.44. The number of aromatic hydroxyl groups is 1. The second-order valence-corrected chi connectivity index (χ2v) is 25.3. The lowest BCUT2D eigenvalue weighted by molar-refractivity contribution is 0.310. The van der Waals surface area contributed by atoms with Gasteiger partial charge in [-0.3, -0.25) is 18.2 Å². The van der Waals surface area contributed by atoms with E-state index in [9.17, 15) is 52.4 Å². The molecule has 8 rings (SSSR count). The van der Waals surface area contributed by atoms with Gasteiger partial charge in [0.25, 0.3) is 40.5 Å². The summed E-state index contributed by atoms with van der Waals surface area (Å²) in [5, 5.41) is 51.2. The number of rotatable bonds is 23. The van der Waals surface area contributed by atoms with E-state index < -0.39 is 73.2 Å². The number of nitrogens with one attached hydrogen (secondary N) is 1. The quantitative estimate of drug-likeness (QED) is 0.0197. The van der Waals surface area contributed by atoms with Gasteiger partial charge in [-0.2, -0.15) is 64.4 Å². The standard InChI is InChI=1S/C56H55N9O15S4/c1-33-23-48(34(2)22-46(33)60-61-47-24-36(4)49(25-35(47)3)63-65-55-54(84(76,77)78)29-39-27-41(16-17-44(39)56(55)66)57-40-12-7-6-8-13-40)62-64-51-26-37(5)50(32-53(51)80-18-9-10-20-81(67,68)69)59-58-42-15-14-38-28-43(83(73,74)75)31-52(45(38)30-42)79-19-11-21-82(70,71)72/h6-8,12-17,22-32,57,66H,9-11,18-21H2,1-5H3,(H,67,68,69)(H,70,71,72)(H,73,74,75)(H,76,77,78). The molecule has 0 aliphatic rings. The first-order chi connectivity index (χ1) is 39.6. The predicted molar refractivity (Wildman–Crippen MR) is 316 cm³/mol. The van der Waals surface area contributed by atoms with Crippen LogP contribution < -0.4 is 14.8 Å². The highest BCUT2D eigenvalue weighted by molar-refractivity contribution is 7.86. The van der Waals surface area contributed by atoms with Crippen molar-refractivity contribution in [2.75, 3.05) is 30.0 Å². The van der Waals surface area contributed by atoms with Crippen LogP contribution >= 0.6 is 0 Å². The molecule has 0 aliphatic heterocycles. The summed E-state index contributed by atoms with van der Waals surface area (Å²) in [6.45, 7) is 8.68. The molecule has 0 bridgehead atoms. The largest absolute Gasteiger partial charge is 0.505 e. The average molecular weight is 1220 g/mol. The van der Waals surface area contributed by atoms with Crippen LogP contribution in [0.25, 0.3) is 21.5 Å². The number of phenols is 1. The lowest BCUT2D eigenvalue weighted by Crippen LogP contribution is -2.09. The fraction of sp³-hybridized carbons (Fsp3) is 0.214. The van der Waals surface area contributed by atoms with Crippen LogP contribution in [0.4, 0.5) is 56.9 Å². The van der Waals surface area contributed by atoms with Gasteiger partial charge in [-0.25, -0.2) is 0 Å². The zero-order chi connectivity index (χ0) is 60.7. The molecule has 0 fully saturated rings. The number of hydrogen-bond donors (Lipinski definition) is 6. The molecule has 438 valence electrons. The zero-order valence-corrected chi connectivity index (χ0v) is 48.8. The zero-order valence-electron chi connectivity index (χ0n) is 45.5. The van der Waals surface area contributed by atoms with Gasteiger partial charge in [0.2, 0.25) is 0 Å². The van der Waals surface area contributed by atoms with E-state index >= 15 is 0 Å². The minimum Gasteiger partial charge on any atom is -0.505 e. The Bertz CT molecular complexity index is 4470. The molecular formula is C56H55N9O15S4. The number of fused-ring (bicyclic) bond motifs is 2. The summed E-state index contributed by atoms with van der Waals surface area (Å²) in [4.78, 5) is -1.10. The van der Waals surface area contributed by atoms with Gasteiger partial charge in [-0.1, -0.05) is 24.3 Å². The third kappa shape index (κ3) is 16.2. The van der Waals surface area contributed by atoms with Crippen LogP contribution in [0.2, 0.25) is 0 Å². The fourth-order valence-corrected chi connectivity index (χ4v) is 10.7. The third-order valence-corrected chi connectivity index (χ3v) is 16.1. The molecule has 0 heterocycles. The first kappa shape index (κ1) is 61.6. The lowest BCUT2D eigenvalue weighted by atomic mass is 10.1. The second kappa shape index (κ2) is 25.6. The number of aryl methyl sites for hydroxylation is 5. The van der Waals surface area contributed by atoms with E-state index in [0.29, 0.717) is 78.1 Å². The van der Waals surface area contributed by atoms with Gasteiger partial charge in [0, 0.05) is 34.3 Å². The number of unbranched alkanes of at least 4 members (excludes halogenated alkanes) is 1. The molecule has 24 nitrogen and oxygen atoms in total. The summed E-state index contributed by atoms with van der Waals surface area (Å²) >= 11 is 0. The van der Waals surface area contributed by atoms with Crippen molar-refractivity contribution in [2.45, 2.75) is 63.7 Å². The third-order valence-electron chi connectivity index (χ3n) is 12.8. The monoisotopic (exact) mass is 1220 g/mol. The molecule has 0 aromatic heterocycles. The van der Waals surface area contributed by atoms with Crippen LogP contribution in [0.15, 0.2) is 172 Å². The van der Waals surface area contributed by atoms with Crippen molar-refractivity contribution in [3.8, 4) is 17.2 Å². The predicted octanol–water partition coefficient (Wildman–Crippen LogP) is 14.8. The Morgan fingerprint density at radius 1 is 0.429 bits per heavy atom. The maximum absolute atomic E-state index is 12.6. The van der Waals surface area contributed by atoms with E-state index in [1.165, 1.54) is 30.3 Å². The number of para-hydroxylation sites is 1. The van der Waals surface area contributed by atoms with Gasteiger partial charge in [0.15, 0.2) is 5.75 Å². The highest BCUT2D eigenvalue weighted by atomic mass is 32.2. The Labute approximate surface area is 483 Å². The summed E-state index contributed by atoms with van der Waals surface area (Å²) in [6, 6.07) is 32.5. The summed E-state index contributed by atoms with van der Waals surface area (Å²) in [6.07, 6.45) is 0.221. The molecule has 8 aromatic rings. The second-order valence-electron chi connectivity index (χ2n) is 19.4. The van der Waals surface area contributed by atoms with Crippen molar-refractivity contribution >= 4 is 119 Å². The van der Waals surface area contributed by atoms with E-state index in [-0.39, 0.29) is 60.7 Å². The van der Waals surface area contributed by atoms with Crippen LogP contribution in [0.3, 0.4) is 0 Å². The highest BCUT2D eigenvalue weighted by Gasteiger charge is 2.23. The van der Waals surface area contributed by atoms with Gasteiger partial charge >= 0.3 is 0 Å². The molecule has 28 heteroatoms. The molecule has 6 N–H and O–H groups in total. The van der Waals surface area contributed by atoms with Gasteiger partial charge < -0.3 is 19.9 Å². The number of hydrogen-bond acceptors (Lipinski definition) is 20. The normalized spacial score (nSPS) is 12.7. The summed E-state index contributed by atoms with van der Waals surface area (Å²) in [5.74, 6) is -1.37. The maximum atomic E-state index is 12.6. The summed E-state index contributed by atoms with van der Waals surface area (Å²) in [7, 11) is -18.0. The average Bonchev–Trinajstić information content (AvgIpc) is 1.86. The Kier molecular flexibility index (Phi) is 18.7. The van der Waals surface area contributed by atoms with Crippen LogP contribution in [-0.4, -0.2) is 81.7 Å². The van der Waals surface area contributed by atoms with E-state index in [0.717, 1.165) is 11.8 Å². The lowest BCUT2D eigenvalue weighted by Gasteiger charge is -2.12. The number of nitrogens with zero attached hydrogens (tertiary/aromatic N) is 8. The van der Waals surface area contributed by atoms with E-state index in [1.807, 2.05) is 44.2 Å². The van der Waals surface area contributed by atoms with Crippen LogP contribution in [-0.2, 0) is 40.5 Å². The SMILES string of the molecule is Cc1cc(N=Nc2cc(C)c(N=Nc3cc(C)c(N=Nc4c(S(=O)(=O)O)cc5cc(Nc6ccccc6)ccc5c4O)cc3C)cc2C)c(OCCCCS(=O)(=O)O)cc1N=Nc1ccc2cc(S(=O)(=O)O)cc(OCCCS(=O)(=O)O)c2c1. The molecule has 0 spiro atoms. The molecular weight excluding hydrogens is 1170 g/mol. The number of azo groups is 4. The van der Waals surface area contributed by atoms with Gasteiger partial charge in [-0.15, -0.1) is 10.2 Å². The van der Waals surface area contributed by atoms with E-state index in [4.69, 9.17) is 14.0 Å². The smallest absolute Gasteiger partial charge is 0.296 e. The number of ether oxygens (including phenoxy) is 2. The van der Waals surface area contributed by atoms with Gasteiger partial charge in [-0.05, 0) is 177 Å². The maximum Gasteiger partial charge on any atom is 0.296 e. The van der Waals surface area contributed by atoms with Crippen LogP contribution in [0.1, 0.15) is 47.1 Å². The molecule has 0 amide bonds. The van der Waals surface area contributed by atoms with Crippen molar-refractivity contribution in [3.05, 3.63) is 149 Å². The van der Waals surface area contributed by atoms with Crippen molar-refractivity contribution in [2.24, 2.45) is 40.9 Å². The molecule has 0 aliphatic carbocycles. The number of benzene rings is 8.